The molecule has 0 aromatic carbocycles. The van der Waals surface area contributed by atoms with Gasteiger partial charge in [-0.15, -0.1) is 0 Å². The lowest BCUT2D eigenvalue weighted by atomic mass is 9.59. The first kappa shape index (κ1) is 9.46. The molecule has 1 aliphatic heterocycles. The van der Waals surface area contributed by atoms with Crippen molar-refractivity contribution in [3.63, 3.8) is 0 Å². The Morgan fingerprint density at radius 1 is 1.64 bits per heavy atom. The number of allylic oxidation sites excluding steroid dienone is 1. The maximum absolute atomic E-state index is 11.7. The number of ether oxygens (including phenoxy) is 1. The average molecular weight is 194 g/mol. The Morgan fingerprint density at radius 2 is 2.29 bits per heavy atom. The van der Waals surface area contributed by atoms with Crippen LogP contribution in [0.15, 0.2) is 24.5 Å². The molecule has 1 aliphatic carbocycles. The van der Waals surface area contributed by atoms with Gasteiger partial charge in [-0.25, -0.2) is 0 Å². The molecule has 2 rings (SSSR count). The summed E-state index contributed by atoms with van der Waals surface area (Å²) in [6.07, 6.45) is 3.43. The van der Waals surface area contributed by atoms with Gasteiger partial charge in [-0.1, -0.05) is 18.7 Å². The smallest absolute Gasteiger partial charge is 0.318 e. The monoisotopic (exact) mass is 194 g/mol. The standard InChI is InChI=1S/C11H14O3/c1-7-11(3)8(12)5-4-6-10(11,2)9(13)14-7/h4-5,8,12H,1,6H2,2-3H3/t8-,10-,11-/m1/s1. The van der Waals surface area contributed by atoms with Crippen LogP contribution in [0.25, 0.3) is 0 Å². The minimum Gasteiger partial charge on any atom is -0.431 e. The Labute approximate surface area is 83.1 Å². The van der Waals surface area contributed by atoms with E-state index in [1.54, 1.807) is 6.08 Å². The van der Waals surface area contributed by atoms with Gasteiger partial charge in [-0.3, -0.25) is 4.79 Å². The van der Waals surface area contributed by atoms with Crippen LogP contribution in [0.3, 0.4) is 0 Å². The van der Waals surface area contributed by atoms with Crippen molar-refractivity contribution in [3.8, 4) is 0 Å². The molecule has 1 saturated heterocycles. The highest BCUT2D eigenvalue weighted by molar-refractivity contribution is 5.83. The van der Waals surface area contributed by atoms with E-state index in [1.807, 2.05) is 19.9 Å². The average Bonchev–Trinajstić information content (AvgIpc) is 2.29. The summed E-state index contributed by atoms with van der Waals surface area (Å²) in [5.41, 5.74) is -1.35. The molecule has 3 nitrogen and oxygen atoms in total. The van der Waals surface area contributed by atoms with Crippen molar-refractivity contribution >= 4 is 5.97 Å². The van der Waals surface area contributed by atoms with Gasteiger partial charge < -0.3 is 9.84 Å². The van der Waals surface area contributed by atoms with Crippen LogP contribution in [0.2, 0.25) is 0 Å². The maximum atomic E-state index is 11.7. The van der Waals surface area contributed by atoms with Crippen LogP contribution < -0.4 is 0 Å². The molecule has 0 aromatic heterocycles. The lowest BCUT2D eigenvalue weighted by molar-refractivity contribution is -0.146. The van der Waals surface area contributed by atoms with Gasteiger partial charge in [0.15, 0.2) is 0 Å². The molecule has 76 valence electrons. The van der Waals surface area contributed by atoms with E-state index in [1.165, 1.54) is 0 Å². The van der Waals surface area contributed by atoms with Gasteiger partial charge in [0.2, 0.25) is 0 Å². The molecular formula is C11H14O3. The summed E-state index contributed by atoms with van der Waals surface area (Å²) in [5.74, 6) is 0.0928. The highest BCUT2D eigenvalue weighted by Gasteiger charge is 2.63. The molecule has 3 heteroatoms. The minimum absolute atomic E-state index is 0.284. The number of aliphatic hydroxyl groups is 1. The molecular weight excluding hydrogens is 180 g/mol. The summed E-state index contributed by atoms with van der Waals surface area (Å²) in [4.78, 5) is 11.7. The zero-order valence-electron chi connectivity index (χ0n) is 8.41. The third-order valence-electron chi connectivity index (χ3n) is 3.83. The van der Waals surface area contributed by atoms with Crippen LogP contribution in [0.5, 0.6) is 0 Å². The highest BCUT2D eigenvalue weighted by atomic mass is 16.5. The van der Waals surface area contributed by atoms with Crippen LogP contribution in [0, 0.1) is 10.8 Å². The number of hydrogen-bond donors (Lipinski definition) is 1. The van der Waals surface area contributed by atoms with E-state index in [-0.39, 0.29) is 5.97 Å². The van der Waals surface area contributed by atoms with E-state index in [0.29, 0.717) is 12.2 Å². The quantitative estimate of drug-likeness (QED) is 0.468. The fraction of sp³-hybridized carbons (Fsp3) is 0.545. The molecule has 0 aromatic rings. The van der Waals surface area contributed by atoms with Crippen molar-refractivity contribution in [2.75, 3.05) is 0 Å². The Balaban J connectivity index is 2.59. The number of rotatable bonds is 0. The third-order valence-corrected chi connectivity index (χ3v) is 3.83. The van der Waals surface area contributed by atoms with Gasteiger partial charge >= 0.3 is 5.97 Å². The second-order valence-corrected chi connectivity index (χ2v) is 4.42. The molecule has 0 bridgehead atoms. The first-order valence-corrected chi connectivity index (χ1v) is 4.69. The second-order valence-electron chi connectivity index (χ2n) is 4.42. The molecule has 1 heterocycles. The summed E-state index contributed by atoms with van der Waals surface area (Å²) < 4.78 is 5.05. The van der Waals surface area contributed by atoms with Crippen molar-refractivity contribution < 1.29 is 14.6 Å². The molecule has 1 N–H and O–H groups in total. The predicted molar refractivity (Wildman–Crippen MR) is 51.2 cm³/mol. The van der Waals surface area contributed by atoms with Crippen molar-refractivity contribution in [2.45, 2.75) is 26.4 Å². The zero-order valence-corrected chi connectivity index (χ0v) is 8.41. The SMILES string of the molecule is C=C1OC(=O)[C@@]2(C)CC=C[C@@H](O)[C@@]12C. The van der Waals surface area contributed by atoms with Crippen LogP contribution in [0.1, 0.15) is 20.3 Å². The van der Waals surface area contributed by atoms with Gasteiger partial charge in [0.25, 0.3) is 0 Å². The fourth-order valence-corrected chi connectivity index (χ4v) is 2.26. The summed E-state index contributed by atoms with van der Waals surface area (Å²) in [7, 11) is 0. The number of carbonyl (C=O) groups excluding carboxylic acids is 1. The van der Waals surface area contributed by atoms with Gasteiger partial charge in [0.05, 0.1) is 16.9 Å². The molecule has 3 atom stereocenters. The van der Waals surface area contributed by atoms with Gasteiger partial charge in [0, 0.05) is 0 Å². The number of cyclic esters (lactones) is 1. The van der Waals surface area contributed by atoms with E-state index in [0.717, 1.165) is 0 Å². The van der Waals surface area contributed by atoms with Gasteiger partial charge in [-0.2, -0.15) is 0 Å². The second kappa shape index (κ2) is 2.48. The maximum Gasteiger partial charge on any atom is 0.318 e. The molecule has 0 spiro atoms. The normalized spacial score (nSPS) is 46.4. The minimum atomic E-state index is -0.694. The van der Waals surface area contributed by atoms with Gasteiger partial charge in [0.1, 0.15) is 5.76 Å². The van der Waals surface area contributed by atoms with Crippen molar-refractivity contribution in [3.05, 3.63) is 24.5 Å². The number of aliphatic hydroxyl groups excluding tert-OH is 1. The van der Waals surface area contributed by atoms with Crippen LogP contribution in [-0.2, 0) is 9.53 Å². The Hall–Kier alpha value is -1.09. The molecule has 0 radical (unpaired) electrons. The van der Waals surface area contributed by atoms with Crippen molar-refractivity contribution in [2.24, 2.45) is 10.8 Å². The Bertz CT molecular complexity index is 344. The first-order chi connectivity index (χ1) is 6.43. The molecule has 1 fully saturated rings. The summed E-state index contributed by atoms with van der Waals surface area (Å²) in [6.45, 7) is 7.37. The fourth-order valence-electron chi connectivity index (χ4n) is 2.26. The van der Waals surface area contributed by atoms with Crippen molar-refractivity contribution in [1.29, 1.82) is 0 Å². The zero-order chi connectivity index (χ0) is 10.6. The lowest BCUT2D eigenvalue weighted by Gasteiger charge is -2.41. The lowest BCUT2D eigenvalue weighted by Crippen LogP contribution is -2.47. The Kier molecular flexibility index (Phi) is 1.68. The number of hydrogen-bond acceptors (Lipinski definition) is 3. The van der Waals surface area contributed by atoms with Crippen LogP contribution >= 0.6 is 0 Å². The Morgan fingerprint density at radius 3 is 2.86 bits per heavy atom. The molecule has 0 unspecified atom stereocenters. The largest absolute Gasteiger partial charge is 0.431 e. The van der Waals surface area contributed by atoms with E-state index in [2.05, 4.69) is 6.58 Å². The first-order valence-electron chi connectivity index (χ1n) is 4.69. The number of esters is 1. The predicted octanol–water partition coefficient (Wildman–Crippen LogP) is 1.39. The van der Waals surface area contributed by atoms with E-state index >= 15 is 0 Å². The molecule has 0 saturated carbocycles. The van der Waals surface area contributed by atoms with E-state index in [9.17, 15) is 9.90 Å². The van der Waals surface area contributed by atoms with E-state index < -0.39 is 16.9 Å². The summed E-state index contributed by atoms with van der Waals surface area (Å²) in [5, 5.41) is 9.91. The van der Waals surface area contributed by atoms with Crippen molar-refractivity contribution in [1.82, 2.24) is 0 Å². The number of fused-ring (bicyclic) bond motifs is 1. The van der Waals surface area contributed by atoms with Gasteiger partial charge in [-0.05, 0) is 20.3 Å². The molecule has 0 amide bonds. The summed E-state index contributed by atoms with van der Waals surface area (Å²) >= 11 is 0. The third kappa shape index (κ3) is 0.786. The highest BCUT2D eigenvalue weighted by Crippen LogP contribution is 2.57. The topological polar surface area (TPSA) is 46.5 Å². The van der Waals surface area contributed by atoms with E-state index in [4.69, 9.17) is 4.74 Å². The molecule has 14 heavy (non-hydrogen) atoms. The summed E-state index contributed by atoms with van der Waals surface area (Å²) in [6, 6.07) is 0. The molecule has 2 aliphatic rings. The van der Waals surface area contributed by atoms with Crippen LogP contribution in [-0.4, -0.2) is 17.2 Å². The number of carbonyl (C=O) groups is 1. The van der Waals surface area contributed by atoms with Crippen LogP contribution in [0.4, 0.5) is 0 Å².